The third kappa shape index (κ3) is 3.52. The molecule has 0 aliphatic heterocycles. The van der Waals surface area contributed by atoms with Crippen molar-refractivity contribution in [3.8, 4) is 5.69 Å². The summed E-state index contributed by atoms with van der Waals surface area (Å²) in [5, 5.41) is 5.45. The SMILES string of the molecule is CSc1cccc(NC(=O)Nc2c(C)n(C)n(-c3ccccc3)c2=O)c1. The molecule has 2 N–H and O–H groups in total. The van der Waals surface area contributed by atoms with Gasteiger partial charge >= 0.3 is 6.03 Å². The van der Waals surface area contributed by atoms with Gasteiger partial charge in [-0.2, -0.15) is 0 Å². The molecule has 0 fully saturated rings. The van der Waals surface area contributed by atoms with Crippen molar-refractivity contribution in [2.75, 3.05) is 16.9 Å². The van der Waals surface area contributed by atoms with Crippen molar-refractivity contribution in [1.82, 2.24) is 9.36 Å². The Bertz CT molecular complexity index is 993. The summed E-state index contributed by atoms with van der Waals surface area (Å²) >= 11 is 1.59. The number of urea groups is 1. The first-order valence-electron chi connectivity index (χ1n) is 8.07. The summed E-state index contributed by atoms with van der Waals surface area (Å²) < 4.78 is 3.25. The standard InChI is InChI=1S/C19H20N4O2S/c1-13-17(18(24)23(22(13)2)15-9-5-4-6-10-15)21-19(25)20-14-8-7-11-16(12-14)26-3/h4-12H,1-3H3,(H2,20,21,25). The first kappa shape index (κ1) is 17.9. The number of para-hydroxylation sites is 1. The topological polar surface area (TPSA) is 68.1 Å². The van der Waals surface area contributed by atoms with E-state index in [4.69, 9.17) is 0 Å². The van der Waals surface area contributed by atoms with E-state index in [1.807, 2.05) is 54.8 Å². The molecule has 134 valence electrons. The van der Waals surface area contributed by atoms with Crippen LogP contribution in [0.2, 0.25) is 0 Å². The Kier molecular flexibility index (Phi) is 5.18. The number of nitrogens with zero attached hydrogens (tertiary/aromatic N) is 2. The zero-order chi connectivity index (χ0) is 18.7. The van der Waals surface area contributed by atoms with Crippen molar-refractivity contribution in [3.63, 3.8) is 0 Å². The Morgan fingerprint density at radius 3 is 2.46 bits per heavy atom. The van der Waals surface area contributed by atoms with Crippen LogP contribution in [0.4, 0.5) is 16.2 Å². The monoisotopic (exact) mass is 368 g/mol. The highest BCUT2D eigenvalue weighted by Crippen LogP contribution is 2.19. The third-order valence-electron chi connectivity index (χ3n) is 4.12. The van der Waals surface area contributed by atoms with Crippen LogP contribution in [0, 0.1) is 6.92 Å². The molecule has 2 amide bonds. The molecule has 1 heterocycles. The molecule has 26 heavy (non-hydrogen) atoms. The number of anilines is 2. The summed E-state index contributed by atoms with van der Waals surface area (Å²) in [7, 11) is 1.79. The van der Waals surface area contributed by atoms with Crippen LogP contribution in [0.15, 0.2) is 64.3 Å². The molecule has 3 aromatic rings. The third-order valence-corrected chi connectivity index (χ3v) is 4.85. The zero-order valence-electron chi connectivity index (χ0n) is 14.8. The lowest BCUT2D eigenvalue weighted by Gasteiger charge is -2.08. The molecule has 0 aliphatic rings. The van der Waals surface area contributed by atoms with Crippen molar-refractivity contribution in [2.24, 2.45) is 7.05 Å². The molecule has 0 saturated heterocycles. The van der Waals surface area contributed by atoms with Gasteiger partial charge in [0.15, 0.2) is 0 Å². The van der Waals surface area contributed by atoms with Gasteiger partial charge in [-0.15, -0.1) is 11.8 Å². The van der Waals surface area contributed by atoms with Crippen molar-refractivity contribution in [1.29, 1.82) is 0 Å². The summed E-state index contributed by atoms with van der Waals surface area (Å²) in [6, 6.07) is 16.4. The second-order valence-electron chi connectivity index (χ2n) is 5.75. The number of hydrogen-bond acceptors (Lipinski definition) is 3. The van der Waals surface area contributed by atoms with Crippen LogP contribution < -0.4 is 16.2 Å². The number of benzene rings is 2. The van der Waals surface area contributed by atoms with Crippen molar-refractivity contribution in [3.05, 3.63) is 70.6 Å². The Labute approximate surface area is 155 Å². The van der Waals surface area contributed by atoms with E-state index in [0.717, 1.165) is 10.6 Å². The molecule has 7 heteroatoms. The molecule has 6 nitrogen and oxygen atoms in total. The van der Waals surface area contributed by atoms with Gasteiger partial charge in [-0.3, -0.25) is 9.48 Å². The normalized spacial score (nSPS) is 10.6. The predicted octanol–water partition coefficient (Wildman–Crippen LogP) is 3.85. The minimum absolute atomic E-state index is 0.259. The molecular formula is C19H20N4O2S. The van der Waals surface area contributed by atoms with Gasteiger partial charge < -0.3 is 10.6 Å². The number of carbonyl (C=O) groups is 1. The van der Waals surface area contributed by atoms with E-state index in [1.165, 1.54) is 4.68 Å². The Morgan fingerprint density at radius 1 is 1.04 bits per heavy atom. The molecule has 2 aromatic carbocycles. The lowest BCUT2D eigenvalue weighted by molar-refractivity contribution is 0.262. The maximum Gasteiger partial charge on any atom is 0.323 e. The second kappa shape index (κ2) is 7.53. The van der Waals surface area contributed by atoms with Crippen LogP contribution in [-0.4, -0.2) is 21.7 Å². The van der Waals surface area contributed by atoms with E-state index in [-0.39, 0.29) is 11.2 Å². The van der Waals surface area contributed by atoms with Crippen LogP contribution in [0.5, 0.6) is 0 Å². The van der Waals surface area contributed by atoms with Crippen molar-refractivity contribution in [2.45, 2.75) is 11.8 Å². The summed E-state index contributed by atoms with van der Waals surface area (Å²) in [5.41, 5.74) is 2.07. The molecule has 0 bridgehead atoms. The van der Waals surface area contributed by atoms with Gasteiger partial charge in [-0.25, -0.2) is 9.48 Å². The Hall–Kier alpha value is -2.93. The number of thioether (sulfide) groups is 1. The van der Waals surface area contributed by atoms with Crippen LogP contribution >= 0.6 is 11.8 Å². The molecule has 0 saturated carbocycles. The number of rotatable bonds is 4. The first-order valence-corrected chi connectivity index (χ1v) is 9.30. The Morgan fingerprint density at radius 2 is 1.77 bits per heavy atom. The average Bonchev–Trinajstić information content (AvgIpc) is 2.86. The fourth-order valence-electron chi connectivity index (χ4n) is 2.69. The number of aromatic nitrogens is 2. The quantitative estimate of drug-likeness (QED) is 0.687. The van der Waals surface area contributed by atoms with E-state index in [0.29, 0.717) is 11.4 Å². The maximum absolute atomic E-state index is 12.8. The fraction of sp³-hybridized carbons (Fsp3) is 0.158. The van der Waals surface area contributed by atoms with E-state index >= 15 is 0 Å². The number of amides is 2. The summed E-state index contributed by atoms with van der Waals surface area (Å²) in [6.07, 6.45) is 1.97. The summed E-state index contributed by atoms with van der Waals surface area (Å²) in [4.78, 5) is 26.2. The highest BCUT2D eigenvalue weighted by Gasteiger charge is 2.18. The van der Waals surface area contributed by atoms with Gasteiger partial charge in [0.05, 0.1) is 11.4 Å². The van der Waals surface area contributed by atoms with Gasteiger partial charge in [-0.1, -0.05) is 24.3 Å². The van der Waals surface area contributed by atoms with E-state index < -0.39 is 6.03 Å². The van der Waals surface area contributed by atoms with Gasteiger partial charge in [0.1, 0.15) is 5.69 Å². The smallest absolute Gasteiger partial charge is 0.308 e. The minimum Gasteiger partial charge on any atom is -0.308 e. The largest absolute Gasteiger partial charge is 0.323 e. The van der Waals surface area contributed by atoms with E-state index in [2.05, 4.69) is 10.6 Å². The van der Waals surface area contributed by atoms with Crippen LogP contribution in [0.1, 0.15) is 5.69 Å². The van der Waals surface area contributed by atoms with Gasteiger partial charge in [0.25, 0.3) is 5.56 Å². The molecule has 0 unspecified atom stereocenters. The van der Waals surface area contributed by atoms with Crippen molar-refractivity contribution < 1.29 is 4.79 Å². The predicted molar refractivity (Wildman–Crippen MR) is 107 cm³/mol. The first-order chi connectivity index (χ1) is 12.5. The highest BCUT2D eigenvalue weighted by atomic mass is 32.2. The number of hydrogen-bond donors (Lipinski definition) is 2. The van der Waals surface area contributed by atoms with Crippen LogP contribution in [0.3, 0.4) is 0 Å². The van der Waals surface area contributed by atoms with Crippen molar-refractivity contribution >= 4 is 29.2 Å². The van der Waals surface area contributed by atoms with E-state index in [1.54, 1.807) is 36.5 Å². The molecular weight excluding hydrogens is 348 g/mol. The van der Waals surface area contributed by atoms with Gasteiger partial charge in [-0.05, 0) is 43.5 Å². The summed E-state index contributed by atoms with van der Waals surface area (Å²) in [5.74, 6) is 0. The van der Waals surface area contributed by atoms with Crippen LogP contribution in [-0.2, 0) is 7.05 Å². The second-order valence-corrected chi connectivity index (χ2v) is 6.63. The molecule has 0 atom stereocenters. The summed E-state index contributed by atoms with van der Waals surface area (Å²) in [6.45, 7) is 1.80. The van der Waals surface area contributed by atoms with Gasteiger partial charge in [0, 0.05) is 17.6 Å². The lowest BCUT2D eigenvalue weighted by Crippen LogP contribution is -2.25. The lowest BCUT2D eigenvalue weighted by atomic mass is 10.3. The van der Waals surface area contributed by atoms with Gasteiger partial charge in [0.2, 0.25) is 0 Å². The molecule has 0 aliphatic carbocycles. The molecule has 0 radical (unpaired) electrons. The number of carbonyl (C=O) groups excluding carboxylic acids is 1. The fourth-order valence-corrected chi connectivity index (χ4v) is 3.15. The van der Waals surface area contributed by atoms with Crippen LogP contribution in [0.25, 0.3) is 5.69 Å². The minimum atomic E-state index is -0.450. The molecule has 0 spiro atoms. The maximum atomic E-state index is 12.8. The average molecular weight is 368 g/mol. The molecule has 3 rings (SSSR count). The Balaban J connectivity index is 1.86. The van der Waals surface area contributed by atoms with E-state index in [9.17, 15) is 9.59 Å². The highest BCUT2D eigenvalue weighted by molar-refractivity contribution is 7.98. The zero-order valence-corrected chi connectivity index (χ0v) is 15.6. The number of nitrogens with one attached hydrogen (secondary N) is 2. The molecule has 1 aromatic heterocycles.